The van der Waals surface area contributed by atoms with Crippen molar-refractivity contribution in [2.75, 3.05) is 10.6 Å². The van der Waals surface area contributed by atoms with E-state index in [9.17, 15) is 10.1 Å². The van der Waals surface area contributed by atoms with Crippen molar-refractivity contribution in [1.29, 1.82) is 5.26 Å². The summed E-state index contributed by atoms with van der Waals surface area (Å²) in [6.07, 6.45) is 0. The second-order valence-electron chi connectivity index (χ2n) is 4.86. The molecule has 1 amide bonds. The van der Waals surface area contributed by atoms with E-state index in [0.717, 1.165) is 16.1 Å². The van der Waals surface area contributed by atoms with Crippen LogP contribution in [0.1, 0.15) is 5.56 Å². The number of nitrogens with one attached hydrogen (secondary N) is 2. The third-order valence-corrected chi connectivity index (χ3v) is 4.31. The van der Waals surface area contributed by atoms with Gasteiger partial charge in [0, 0.05) is 10.6 Å². The van der Waals surface area contributed by atoms with Gasteiger partial charge in [0.25, 0.3) is 5.91 Å². The molecule has 0 bridgehead atoms. The lowest BCUT2D eigenvalue weighted by atomic mass is 10.2. The van der Waals surface area contributed by atoms with Crippen LogP contribution in [0.15, 0.2) is 64.0 Å². The zero-order valence-corrected chi connectivity index (χ0v) is 12.7. The average Bonchev–Trinajstić information content (AvgIpc) is 2.94. The predicted molar refractivity (Wildman–Crippen MR) is 88.4 cm³/mol. The fraction of sp³-hybridized carbons (Fsp3) is 0.0588. The van der Waals surface area contributed by atoms with Crippen molar-refractivity contribution in [2.45, 2.75) is 11.8 Å². The number of anilines is 2. The molecule has 1 aliphatic heterocycles. The van der Waals surface area contributed by atoms with Crippen LogP contribution in [0.25, 0.3) is 0 Å². The number of thioether (sulfide) groups is 1. The van der Waals surface area contributed by atoms with Crippen LogP contribution < -0.4 is 10.6 Å². The Morgan fingerprint density at radius 1 is 1.18 bits per heavy atom. The first kappa shape index (κ1) is 14.2. The Bertz CT molecular complexity index is 776. The normalized spacial score (nSPS) is 14.5. The van der Waals surface area contributed by atoms with E-state index in [1.165, 1.54) is 11.8 Å². The minimum absolute atomic E-state index is 0.0850. The first-order chi connectivity index (χ1) is 10.7. The van der Waals surface area contributed by atoms with E-state index in [0.29, 0.717) is 10.7 Å². The molecule has 1 heterocycles. The molecule has 2 N–H and O–H groups in total. The number of fused-ring (bicyclic) bond motifs is 1. The quantitative estimate of drug-likeness (QED) is 0.652. The second kappa shape index (κ2) is 5.96. The Labute approximate surface area is 132 Å². The summed E-state index contributed by atoms with van der Waals surface area (Å²) in [6, 6.07) is 17.2. The number of rotatable bonds is 2. The number of amides is 1. The standard InChI is InChI=1S/C17H13N3OS/c1-11-6-8-12(9-7-11)19-16(21)13(10-18)17-20-14-4-2-3-5-15(14)22-17/h2-9,20H,1H3,(H,19,21)/b17-13+. The molecule has 0 aliphatic carbocycles. The van der Waals surface area contributed by atoms with Crippen LogP contribution >= 0.6 is 11.8 Å². The second-order valence-corrected chi connectivity index (χ2v) is 5.91. The molecule has 4 nitrogen and oxygen atoms in total. The van der Waals surface area contributed by atoms with Crippen molar-refractivity contribution in [1.82, 2.24) is 0 Å². The SMILES string of the molecule is Cc1ccc(NC(=O)/C(C#N)=C2\Nc3ccccc3S2)cc1. The van der Waals surface area contributed by atoms with Gasteiger partial charge in [0.15, 0.2) is 0 Å². The van der Waals surface area contributed by atoms with E-state index < -0.39 is 5.91 Å². The fourth-order valence-corrected chi connectivity index (χ4v) is 3.06. The maximum absolute atomic E-state index is 12.3. The Morgan fingerprint density at radius 3 is 2.59 bits per heavy atom. The molecule has 2 aromatic rings. The van der Waals surface area contributed by atoms with E-state index in [1.54, 1.807) is 0 Å². The lowest BCUT2D eigenvalue weighted by Crippen LogP contribution is -2.16. The summed E-state index contributed by atoms with van der Waals surface area (Å²) in [6.45, 7) is 1.98. The summed E-state index contributed by atoms with van der Waals surface area (Å²) in [5, 5.41) is 15.8. The van der Waals surface area contributed by atoms with Crippen LogP contribution in [-0.4, -0.2) is 5.91 Å². The van der Waals surface area contributed by atoms with Crippen molar-refractivity contribution in [2.24, 2.45) is 0 Å². The van der Waals surface area contributed by atoms with Gasteiger partial charge in [-0.2, -0.15) is 5.26 Å². The average molecular weight is 307 g/mol. The number of hydrogen-bond acceptors (Lipinski definition) is 4. The van der Waals surface area contributed by atoms with Gasteiger partial charge in [-0.1, -0.05) is 41.6 Å². The van der Waals surface area contributed by atoms with Crippen molar-refractivity contribution in [3.05, 3.63) is 64.7 Å². The molecule has 0 saturated heterocycles. The van der Waals surface area contributed by atoms with E-state index in [-0.39, 0.29) is 5.57 Å². The molecule has 0 spiro atoms. The molecule has 0 saturated carbocycles. The number of hydrogen-bond donors (Lipinski definition) is 2. The number of para-hydroxylation sites is 1. The lowest BCUT2D eigenvalue weighted by molar-refractivity contribution is -0.112. The maximum Gasteiger partial charge on any atom is 0.269 e. The number of nitriles is 1. The van der Waals surface area contributed by atoms with Gasteiger partial charge in [-0.3, -0.25) is 4.79 Å². The first-order valence-corrected chi connectivity index (χ1v) is 7.55. The highest BCUT2D eigenvalue weighted by atomic mass is 32.2. The number of aryl methyl sites for hydroxylation is 1. The molecular weight excluding hydrogens is 294 g/mol. The van der Waals surface area contributed by atoms with Gasteiger partial charge in [0.2, 0.25) is 0 Å². The van der Waals surface area contributed by atoms with Gasteiger partial charge >= 0.3 is 0 Å². The van der Waals surface area contributed by atoms with Crippen LogP contribution in [0.3, 0.4) is 0 Å². The monoisotopic (exact) mass is 307 g/mol. The van der Waals surface area contributed by atoms with Crippen molar-refractivity contribution >= 4 is 29.0 Å². The van der Waals surface area contributed by atoms with Gasteiger partial charge in [-0.05, 0) is 31.2 Å². The number of benzene rings is 2. The van der Waals surface area contributed by atoms with Crippen molar-refractivity contribution in [3.8, 4) is 6.07 Å². The maximum atomic E-state index is 12.3. The lowest BCUT2D eigenvalue weighted by Gasteiger charge is -2.06. The van der Waals surface area contributed by atoms with Crippen molar-refractivity contribution < 1.29 is 4.79 Å². The molecule has 1 aliphatic rings. The summed E-state index contributed by atoms with van der Waals surface area (Å²) in [5.74, 6) is -0.408. The summed E-state index contributed by atoms with van der Waals surface area (Å²) in [7, 11) is 0. The highest BCUT2D eigenvalue weighted by Gasteiger charge is 2.23. The summed E-state index contributed by atoms with van der Waals surface area (Å²) >= 11 is 1.40. The Morgan fingerprint density at radius 2 is 1.91 bits per heavy atom. The smallest absolute Gasteiger partial charge is 0.269 e. The summed E-state index contributed by atoms with van der Waals surface area (Å²) in [4.78, 5) is 13.3. The molecule has 0 unspecified atom stereocenters. The van der Waals surface area contributed by atoms with Gasteiger partial charge < -0.3 is 10.6 Å². The van der Waals surface area contributed by atoms with E-state index in [2.05, 4.69) is 10.6 Å². The highest BCUT2D eigenvalue weighted by Crippen LogP contribution is 2.41. The number of carbonyl (C=O) groups is 1. The zero-order valence-electron chi connectivity index (χ0n) is 11.9. The summed E-state index contributed by atoms with van der Waals surface area (Å²) in [5.41, 5.74) is 2.78. The topological polar surface area (TPSA) is 64.9 Å². The third kappa shape index (κ3) is 2.83. The molecule has 0 aromatic heterocycles. The van der Waals surface area contributed by atoms with Gasteiger partial charge in [0.1, 0.15) is 16.7 Å². The van der Waals surface area contributed by atoms with Gasteiger partial charge in [-0.15, -0.1) is 0 Å². The predicted octanol–water partition coefficient (Wildman–Crippen LogP) is 3.89. The van der Waals surface area contributed by atoms with Crippen LogP contribution in [0.5, 0.6) is 0 Å². The minimum atomic E-state index is -0.408. The number of carbonyl (C=O) groups excluding carboxylic acids is 1. The fourth-order valence-electron chi connectivity index (χ4n) is 2.07. The molecule has 22 heavy (non-hydrogen) atoms. The van der Waals surface area contributed by atoms with E-state index in [1.807, 2.05) is 61.5 Å². The number of nitrogens with zero attached hydrogens (tertiary/aromatic N) is 1. The minimum Gasteiger partial charge on any atom is -0.348 e. The van der Waals surface area contributed by atoms with E-state index in [4.69, 9.17) is 0 Å². The Hall–Kier alpha value is -2.71. The molecule has 0 atom stereocenters. The molecule has 0 radical (unpaired) electrons. The molecule has 3 rings (SSSR count). The van der Waals surface area contributed by atoms with Crippen LogP contribution in [0, 0.1) is 18.3 Å². The molecule has 0 fully saturated rings. The zero-order chi connectivity index (χ0) is 15.5. The first-order valence-electron chi connectivity index (χ1n) is 6.73. The van der Waals surface area contributed by atoms with E-state index >= 15 is 0 Å². The highest BCUT2D eigenvalue weighted by molar-refractivity contribution is 8.03. The third-order valence-electron chi connectivity index (χ3n) is 3.22. The largest absolute Gasteiger partial charge is 0.348 e. The van der Waals surface area contributed by atoms with Gasteiger partial charge in [-0.25, -0.2) is 0 Å². The van der Waals surface area contributed by atoms with Crippen LogP contribution in [0.2, 0.25) is 0 Å². The Kier molecular flexibility index (Phi) is 3.86. The van der Waals surface area contributed by atoms with Crippen molar-refractivity contribution in [3.63, 3.8) is 0 Å². The van der Waals surface area contributed by atoms with Crippen LogP contribution in [-0.2, 0) is 4.79 Å². The molecular formula is C17H13N3OS. The summed E-state index contributed by atoms with van der Waals surface area (Å²) < 4.78 is 0. The molecule has 108 valence electrons. The Balaban J connectivity index is 1.83. The molecule has 2 aromatic carbocycles. The van der Waals surface area contributed by atoms with Gasteiger partial charge in [0.05, 0.1) is 5.69 Å². The molecule has 5 heteroatoms. The van der Waals surface area contributed by atoms with Crippen LogP contribution in [0.4, 0.5) is 11.4 Å².